The Kier molecular flexibility index (Phi) is 4.89. The minimum atomic E-state index is 0.0939. The van der Waals surface area contributed by atoms with Crippen molar-refractivity contribution in [2.75, 3.05) is 32.0 Å². The number of aromatic amines is 1. The number of rotatable bonds is 4. The van der Waals surface area contributed by atoms with Crippen LogP contribution in [0.5, 0.6) is 0 Å². The van der Waals surface area contributed by atoms with Gasteiger partial charge in [0.1, 0.15) is 5.82 Å². The Hall–Kier alpha value is -1.67. The van der Waals surface area contributed by atoms with E-state index in [1.807, 2.05) is 0 Å². The number of nitrogens with two attached hydrogens (primary N) is 1. The summed E-state index contributed by atoms with van der Waals surface area (Å²) in [7, 11) is 0. The fraction of sp³-hybridized carbons (Fsp3) is 0.786. The van der Waals surface area contributed by atoms with Gasteiger partial charge < -0.3 is 20.7 Å². The molecule has 22 heavy (non-hydrogen) atoms. The predicted molar refractivity (Wildman–Crippen MR) is 80.8 cm³/mol. The van der Waals surface area contributed by atoms with Crippen LogP contribution in [0, 0.1) is 5.92 Å². The Balaban J connectivity index is 1.41. The highest BCUT2D eigenvalue weighted by Crippen LogP contribution is 2.23. The molecule has 8 heteroatoms. The third-order valence-electron chi connectivity index (χ3n) is 4.59. The average molecular weight is 308 g/mol. The summed E-state index contributed by atoms with van der Waals surface area (Å²) >= 11 is 0. The van der Waals surface area contributed by atoms with Gasteiger partial charge in [0.15, 0.2) is 0 Å². The van der Waals surface area contributed by atoms with E-state index >= 15 is 0 Å². The Morgan fingerprint density at radius 3 is 2.68 bits per heavy atom. The number of H-pyrrole nitrogens is 1. The first kappa shape index (κ1) is 15.2. The molecule has 122 valence electrons. The molecule has 2 saturated heterocycles. The summed E-state index contributed by atoms with van der Waals surface area (Å²) in [5.41, 5.74) is 5.43. The van der Waals surface area contributed by atoms with Crippen molar-refractivity contribution in [3.63, 3.8) is 0 Å². The van der Waals surface area contributed by atoms with E-state index < -0.39 is 0 Å². The summed E-state index contributed by atoms with van der Waals surface area (Å²) in [6, 6.07) is 0.634. The second-order valence-corrected chi connectivity index (χ2v) is 6.01. The number of nitrogens with one attached hydrogen (secondary N) is 2. The van der Waals surface area contributed by atoms with Crippen LogP contribution in [0.2, 0.25) is 0 Å². The molecule has 8 nitrogen and oxygen atoms in total. The molecule has 0 aliphatic carbocycles. The third kappa shape index (κ3) is 3.75. The number of likely N-dealkylation sites (tertiary alicyclic amines) is 1. The number of anilines is 1. The van der Waals surface area contributed by atoms with Crippen molar-refractivity contribution in [1.82, 2.24) is 25.4 Å². The number of nitrogen functional groups attached to an aromatic ring is 1. The molecule has 0 radical (unpaired) electrons. The maximum absolute atomic E-state index is 12.2. The zero-order valence-corrected chi connectivity index (χ0v) is 12.8. The van der Waals surface area contributed by atoms with E-state index in [1.54, 1.807) is 0 Å². The Bertz CT molecular complexity index is 491. The van der Waals surface area contributed by atoms with Gasteiger partial charge in [0, 0.05) is 25.2 Å². The van der Waals surface area contributed by atoms with Crippen molar-refractivity contribution < 1.29 is 9.53 Å². The molecule has 0 bridgehead atoms. The van der Waals surface area contributed by atoms with Crippen LogP contribution in [-0.2, 0) is 16.1 Å². The Morgan fingerprint density at radius 2 is 2.05 bits per heavy atom. The fourth-order valence-corrected chi connectivity index (χ4v) is 3.28. The summed E-state index contributed by atoms with van der Waals surface area (Å²) in [5, 5.41) is 9.34. The minimum absolute atomic E-state index is 0.0939. The molecule has 2 aliphatic rings. The monoisotopic (exact) mass is 308 g/mol. The molecule has 3 rings (SSSR count). The topological polar surface area (TPSA) is 109 Å². The predicted octanol–water partition coefficient (Wildman–Crippen LogP) is -0.106. The van der Waals surface area contributed by atoms with E-state index in [0.29, 0.717) is 18.4 Å². The number of carbonyl (C=O) groups excluding carboxylic acids is 1. The van der Waals surface area contributed by atoms with Gasteiger partial charge >= 0.3 is 0 Å². The molecule has 2 aliphatic heterocycles. The lowest BCUT2D eigenvalue weighted by Crippen LogP contribution is -2.46. The van der Waals surface area contributed by atoms with Gasteiger partial charge in [0.05, 0.1) is 6.54 Å². The van der Waals surface area contributed by atoms with Crippen LogP contribution in [0.4, 0.5) is 5.95 Å². The second kappa shape index (κ2) is 7.06. The lowest BCUT2D eigenvalue weighted by atomic mass is 9.93. The third-order valence-corrected chi connectivity index (χ3v) is 4.59. The molecule has 0 aromatic carbocycles. The van der Waals surface area contributed by atoms with E-state index in [9.17, 15) is 4.79 Å². The zero-order chi connectivity index (χ0) is 15.4. The van der Waals surface area contributed by atoms with E-state index in [2.05, 4.69) is 25.4 Å². The minimum Gasteiger partial charge on any atom is -0.381 e. The summed E-state index contributed by atoms with van der Waals surface area (Å²) in [5.74, 6) is 0.984. The van der Waals surface area contributed by atoms with Crippen LogP contribution in [-0.4, -0.2) is 58.3 Å². The number of ether oxygens (including phenoxy) is 1. The van der Waals surface area contributed by atoms with Gasteiger partial charge in [0.25, 0.3) is 0 Å². The first-order chi connectivity index (χ1) is 10.7. The number of aromatic nitrogens is 3. The van der Waals surface area contributed by atoms with E-state index in [0.717, 1.165) is 52.0 Å². The van der Waals surface area contributed by atoms with Gasteiger partial charge in [-0.1, -0.05) is 0 Å². The van der Waals surface area contributed by atoms with Crippen LogP contribution in [0.15, 0.2) is 0 Å². The molecular weight excluding hydrogens is 284 g/mol. The smallest absolute Gasteiger partial charge is 0.239 e. The number of hydrogen-bond donors (Lipinski definition) is 3. The maximum atomic E-state index is 12.2. The summed E-state index contributed by atoms with van der Waals surface area (Å²) in [6.45, 7) is 4.08. The first-order valence-corrected chi connectivity index (χ1v) is 7.98. The summed E-state index contributed by atoms with van der Waals surface area (Å²) in [4.78, 5) is 18.7. The van der Waals surface area contributed by atoms with Gasteiger partial charge in [-0.2, -0.15) is 4.98 Å². The molecule has 3 heterocycles. The second-order valence-electron chi connectivity index (χ2n) is 6.01. The molecule has 0 atom stereocenters. The number of amides is 1. The SMILES string of the molecule is Nc1n[nH]c(CNC(=O)C2CCN(C3CCOCC3)CC2)n1. The molecule has 0 saturated carbocycles. The summed E-state index contributed by atoms with van der Waals surface area (Å²) < 4.78 is 5.41. The summed E-state index contributed by atoms with van der Waals surface area (Å²) in [6.07, 6.45) is 4.07. The van der Waals surface area contributed by atoms with Crippen LogP contribution in [0.1, 0.15) is 31.5 Å². The van der Waals surface area contributed by atoms with Crippen LogP contribution < -0.4 is 11.1 Å². The van der Waals surface area contributed by atoms with Crippen molar-refractivity contribution >= 4 is 11.9 Å². The fourth-order valence-electron chi connectivity index (χ4n) is 3.28. The number of piperidine rings is 1. The van der Waals surface area contributed by atoms with Crippen molar-refractivity contribution in [2.45, 2.75) is 38.3 Å². The molecule has 1 aromatic heterocycles. The molecular formula is C14H24N6O2. The van der Waals surface area contributed by atoms with Crippen LogP contribution >= 0.6 is 0 Å². The zero-order valence-electron chi connectivity index (χ0n) is 12.8. The molecule has 2 fully saturated rings. The van der Waals surface area contributed by atoms with Gasteiger partial charge in [-0.3, -0.25) is 9.89 Å². The highest BCUT2D eigenvalue weighted by Gasteiger charge is 2.29. The standard InChI is InChI=1S/C14H24N6O2/c15-14-17-12(18-19-14)9-16-13(21)10-1-5-20(6-2-10)11-3-7-22-8-4-11/h10-11H,1-9H2,(H,16,21)(H3,15,17,18,19). The highest BCUT2D eigenvalue weighted by molar-refractivity contribution is 5.78. The quantitative estimate of drug-likeness (QED) is 0.716. The molecule has 1 amide bonds. The molecule has 0 unspecified atom stereocenters. The number of hydrogen-bond acceptors (Lipinski definition) is 6. The van der Waals surface area contributed by atoms with Crippen LogP contribution in [0.3, 0.4) is 0 Å². The number of nitrogens with zero attached hydrogens (tertiary/aromatic N) is 3. The van der Waals surface area contributed by atoms with Crippen LogP contribution in [0.25, 0.3) is 0 Å². The largest absolute Gasteiger partial charge is 0.381 e. The van der Waals surface area contributed by atoms with Gasteiger partial charge in [-0.25, -0.2) is 0 Å². The van der Waals surface area contributed by atoms with Crippen molar-refractivity contribution in [1.29, 1.82) is 0 Å². The lowest BCUT2D eigenvalue weighted by molar-refractivity contribution is -0.127. The van der Waals surface area contributed by atoms with Gasteiger partial charge in [0.2, 0.25) is 11.9 Å². The van der Waals surface area contributed by atoms with Crippen molar-refractivity contribution in [2.24, 2.45) is 5.92 Å². The first-order valence-electron chi connectivity index (χ1n) is 7.98. The van der Waals surface area contributed by atoms with E-state index in [1.165, 1.54) is 0 Å². The van der Waals surface area contributed by atoms with Crippen molar-refractivity contribution in [3.8, 4) is 0 Å². The van der Waals surface area contributed by atoms with Gasteiger partial charge in [-0.05, 0) is 38.8 Å². The maximum Gasteiger partial charge on any atom is 0.239 e. The Labute approximate surface area is 129 Å². The molecule has 1 aromatic rings. The molecule has 0 spiro atoms. The van der Waals surface area contributed by atoms with E-state index in [-0.39, 0.29) is 17.8 Å². The number of carbonyl (C=O) groups is 1. The van der Waals surface area contributed by atoms with E-state index in [4.69, 9.17) is 10.5 Å². The van der Waals surface area contributed by atoms with Crippen molar-refractivity contribution in [3.05, 3.63) is 5.82 Å². The molecule has 4 N–H and O–H groups in total. The Morgan fingerprint density at radius 1 is 1.32 bits per heavy atom. The highest BCUT2D eigenvalue weighted by atomic mass is 16.5. The lowest BCUT2D eigenvalue weighted by Gasteiger charge is -2.38. The van der Waals surface area contributed by atoms with Gasteiger partial charge in [-0.15, -0.1) is 5.10 Å². The normalized spacial score (nSPS) is 21.8. The average Bonchev–Trinajstić information content (AvgIpc) is 2.99.